The van der Waals surface area contributed by atoms with Gasteiger partial charge in [0.15, 0.2) is 5.16 Å². The topological polar surface area (TPSA) is 66.2 Å². The minimum atomic E-state index is -0.258. The van der Waals surface area contributed by atoms with Gasteiger partial charge in [0.25, 0.3) is 0 Å². The van der Waals surface area contributed by atoms with Gasteiger partial charge in [0.2, 0.25) is 0 Å². The first-order valence-corrected chi connectivity index (χ1v) is 8.08. The summed E-state index contributed by atoms with van der Waals surface area (Å²) in [5.41, 5.74) is 0.928. The number of nitrogens with zero attached hydrogens (tertiary/aromatic N) is 3. The van der Waals surface area contributed by atoms with Crippen molar-refractivity contribution < 1.29 is 14.3 Å². The molecule has 0 aliphatic rings. The molecule has 0 aliphatic carbocycles. The molecule has 0 atom stereocenters. The molecule has 118 valence electrons. The third-order valence-electron chi connectivity index (χ3n) is 2.83. The Hall–Kier alpha value is -2.02. The van der Waals surface area contributed by atoms with E-state index in [0.29, 0.717) is 18.4 Å². The number of benzene rings is 1. The van der Waals surface area contributed by atoms with Crippen LogP contribution in [0.25, 0.3) is 5.69 Å². The molecule has 0 unspecified atom stereocenters. The molecule has 0 saturated heterocycles. The summed E-state index contributed by atoms with van der Waals surface area (Å²) in [5, 5.41) is 8.87. The number of esters is 1. The van der Waals surface area contributed by atoms with Crippen molar-refractivity contribution in [3.8, 4) is 11.4 Å². The van der Waals surface area contributed by atoms with E-state index in [4.69, 9.17) is 9.47 Å². The molecule has 0 fully saturated rings. The van der Waals surface area contributed by atoms with E-state index in [1.165, 1.54) is 11.8 Å². The number of hydrogen-bond acceptors (Lipinski definition) is 6. The predicted octanol–water partition coefficient (Wildman–Crippen LogP) is 2.63. The van der Waals surface area contributed by atoms with Crippen LogP contribution in [0, 0.1) is 6.92 Å². The molecule has 1 aromatic carbocycles. The monoisotopic (exact) mass is 321 g/mol. The van der Waals surface area contributed by atoms with Crippen LogP contribution in [0.3, 0.4) is 0 Å². The lowest BCUT2D eigenvalue weighted by atomic mass is 10.3. The Morgan fingerprint density at radius 3 is 2.55 bits per heavy atom. The first-order chi connectivity index (χ1) is 10.7. The molecule has 2 aromatic rings. The van der Waals surface area contributed by atoms with Crippen LogP contribution in [-0.4, -0.2) is 39.7 Å². The van der Waals surface area contributed by atoms with Gasteiger partial charge in [-0.1, -0.05) is 11.8 Å². The predicted molar refractivity (Wildman–Crippen MR) is 84.6 cm³/mol. The molecule has 0 bridgehead atoms. The van der Waals surface area contributed by atoms with Gasteiger partial charge in [-0.05, 0) is 45.0 Å². The van der Waals surface area contributed by atoms with Crippen molar-refractivity contribution in [1.82, 2.24) is 14.8 Å². The maximum Gasteiger partial charge on any atom is 0.316 e. The Morgan fingerprint density at radius 2 is 1.91 bits per heavy atom. The zero-order chi connectivity index (χ0) is 15.9. The maximum absolute atomic E-state index is 11.5. The van der Waals surface area contributed by atoms with Crippen LogP contribution >= 0.6 is 11.8 Å². The van der Waals surface area contributed by atoms with E-state index >= 15 is 0 Å². The van der Waals surface area contributed by atoms with Gasteiger partial charge >= 0.3 is 5.97 Å². The molecule has 0 aliphatic heterocycles. The summed E-state index contributed by atoms with van der Waals surface area (Å²) in [6.45, 7) is 6.62. The van der Waals surface area contributed by atoms with E-state index in [9.17, 15) is 4.79 Å². The number of ether oxygens (including phenoxy) is 2. The van der Waals surface area contributed by atoms with Gasteiger partial charge in [-0.15, -0.1) is 10.2 Å². The minimum Gasteiger partial charge on any atom is -0.494 e. The Morgan fingerprint density at radius 1 is 1.18 bits per heavy atom. The zero-order valence-corrected chi connectivity index (χ0v) is 13.7. The van der Waals surface area contributed by atoms with Crippen molar-refractivity contribution >= 4 is 17.7 Å². The second-order valence-electron chi connectivity index (χ2n) is 4.39. The van der Waals surface area contributed by atoms with E-state index in [1.807, 2.05) is 42.7 Å². The van der Waals surface area contributed by atoms with Gasteiger partial charge in [-0.25, -0.2) is 0 Å². The smallest absolute Gasteiger partial charge is 0.316 e. The SMILES string of the molecule is CCOC(=O)CSc1nnc(C)n1-c1ccc(OCC)cc1. The highest BCUT2D eigenvalue weighted by Gasteiger charge is 2.13. The second-order valence-corrected chi connectivity index (χ2v) is 5.33. The van der Waals surface area contributed by atoms with Gasteiger partial charge in [0.1, 0.15) is 11.6 Å². The number of carbonyl (C=O) groups is 1. The van der Waals surface area contributed by atoms with Crippen LogP contribution in [0.15, 0.2) is 29.4 Å². The number of aryl methyl sites for hydroxylation is 1. The molecule has 1 aromatic heterocycles. The molecule has 7 heteroatoms. The molecular weight excluding hydrogens is 302 g/mol. The van der Waals surface area contributed by atoms with Gasteiger partial charge in [0, 0.05) is 5.69 Å². The number of carbonyl (C=O) groups excluding carboxylic acids is 1. The molecular formula is C15H19N3O3S. The first-order valence-electron chi connectivity index (χ1n) is 7.09. The lowest BCUT2D eigenvalue weighted by Crippen LogP contribution is -2.08. The molecule has 2 rings (SSSR count). The maximum atomic E-state index is 11.5. The molecule has 0 spiro atoms. The van der Waals surface area contributed by atoms with Crippen molar-refractivity contribution in [2.45, 2.75) is 25.9 Å². The molecule has 1 heterocycles. The van der Waals surface area contributed by atoms with Crippen molar-refractivity contribution in [3.05, 3.63) is 30.1 Å². The number of rotatable bonds is 7. The fraction of sp³-hybridized carbons (Fsp3) is 0.400. The Labute approximate surface area is 133 Å². The number of hydrogen-bond donors (Lipinski definition) is 0. The van der Waals surface area contributed by atoms with Crippen molar-refractivity contribution in [2.75, 3.05) is 19.0 Å². The van der Waals surface area contributed by atoms with Gasteiger partial charge in [0.05, 0.1) is 19.0 Å². The number of aromatic nitrogens is 3. The fourth-order valence-corrected chi connectivity index (χ4v) is 2.71. The molecule has 0 saturated carbocycles. The highest BCUT2D eigenvalue weighted by molar-refractivity contribution is 7.99. The molecule has 0 amide bonds. The largest absolute Gasteiger partial charge is 0.494 e. The Kier molecular flexibility index (Phi) is 5.83. The summed E-state index contributed by atoms with van der Waals surface area (Å²) in [4.78, 5) is 11.5. The molecule has 0 N–H and O–H groups in total. The van der Waals surface area contributed by atoms with Gasteiger partial charge in [-0.3, -0.25) is 9.36 Å². The van der Waals surface area contributed by atoms with Crippen LogP contribution in [0.1, 0.15) is 19.7 Å². The molecule has 0 radical (unpaired) electrons. The van der Waals surface area contributed by atoms with Crippen molar-refractivity contribution in [2.24, 2.45) is 0 Å². The van der Waals surface area contributed by atoms with Crippen LogP contribution in [-0.2, 0) is 9.53 Å². The summed E-state index contributed by atoms with van der Waals surface area (Å²) in [5.74, 6) is 1.53. The van der Waals surface area contributed by atoms with E-state index in [1.54, 1.807) is 6.92 Å². The van der Waals surface area contributed by atoms with Crippen LogP contribution < -0.4 is 4.74 Å². The third-order valence-corrected chi connectivity index (χ3v) is 3.73. The molecule has 6 nitrogen and oxygen atoms in total. The molecule has 22 heavy (non-hydrogen) atoms. The quantitative estimate of drug-likeness (QED) is 0.577. The van der Waals surface area contributed by atoms with E-state index in [-0.39, 0.29) is 11.7 Å². The summed E-state index contributed by atoms with van der Waals surface area (Å²) in [6, 6.07) is 7.68. The summed E-state index contributed by atoms with van der Waals surface area (Å²) in [7, 11) is 0. The first kappa shape index (κ1) is 16.4. The highest BCUT2D eigenvalue weighted by Crippen LogP contribution is 2.23. The average molecular weight is 321 g/mol. The van der Waals surface area contributed by atoms with Crippen LogP contribution in [0.4, 0.5) is 0 Å². The summed E-state index contributed by atoms with van der Waals surface area (Å²) < 4.78 is 12.3. The number of thioether (sulfide) groups is 1. The zero-order valence-electron chi connectivity index (χ0n) is 12.9. The van der Waals surface area contributed by atoms with E-state index in [0.717, 1.165) is 17.3 Å². The lowest BCUT2D eigenvalue weighted by molar-refractivity contribution is -0.139. The highest BCUT2D eigenvalue weighted by atomic mass is 32.2. The minimum absolute atomic E-state index is 0.211. The second kappa shape index (κ2) is 7.84. The van der Waals surface area contributed by atoms with Gasteiger partial charge in [-0.2, -0.15) is 0 Å². The fourth-order valence-electron chi connectivity index (χ4n) is 1.92. The van der Waals surface area contributed by atoms with Crippen molar-refractivity contribution in [1.29, 1.82) is 0 Å². The van der Waals surface area contributed by atoms with Crippen LogP contribution in [0.5, 0.6) is 5.75 Å². The third kappa shape index (κ3) is 4.00. The Balaban J connectivity index is 2.16. The van der Waals surface area contributed by atoms with E-state index < -0.39 is 0 Å². The van der Waals surface area contributed by atoms with E-state index in [2.05, 4.69) is 10.2 Å². The summed E-state index contributed by atoms with van der Waals surface area (Å²) >= 11 is 1.31. The average Bonchev–Trinajstić information content (AvgIpc) is 2.88. The van der Waals surface area contributed by atoms with Gasteiger partial charge < -0.3 is 9.47 Å². The van der Waals surface area contributed by atoms with Crippen LogP contribution in [0.2, 0.25) is 0 Å². The lowest BCUT2D eigenvalue weighted by Gasteiger charge is -2.09. The normalized spacial score (nSPS) is 10.5. The van der Waals surface area contributed by atoms with Crippen molar-refractivity contribution in [3.63, 3.8) is 0 Å². The summed E-state index contributed by atoms with van der Waals surface area (Å²) in [6.07, 6.45) is 0. The Bertz CT molecular complexity index is 625. The standard InChI is InChI=1S/C15H19N3O3S/c1-4-20-13-8-6-12(7-9-13)18-11(3)16-17-15(18)22-10-14(19)21-5-2/h6-9H,4-5,10H2,1-3H3.